The van der Waals surface area contributed by atoms with Crippen molar-refractivity contribution in [3.05, 3.63) is 225 Å². The lowest BCUT2D eigenvalue weighted by molar-refractivity contribution is 1.08. The Balaban J connectivity index is 1.08. The van der Waals surface area contributed by atoms with Crippen molar-refractivity contribution in [1.29, 1.82) is 0 Å². The molecule has 5 nitrogen and oxygen atoms in total. The fourth-order valence-corrected chi connectivity index (χ4v) is 9.14. The second-order valence-corrected chi connectivity index (χ2v) is 16.1. The van der Waals surface area contributed by atoms with Crippen molar-refractivity contribution in [2.24, 2.45) is 0 Å². The van der Waals surface area contributed by atoms with Gasteiger partial charge < -0.3 is 0 Å². The molecule has 0 aliphatic heterocycles. The van der Waals surface area contributed by atoms with Gasteiger partial charge in [0.2, 0.25) is 0 Å². The molecule has 0 unspecified atom stereocenters. The lowest BCUT2D eigenvalue weighted by Gasteiger charge is -2.15. The van der Waals surface area contributed by atoms with Gasteiger partial charge in [-0.1, -0.05) is 176 Å². The van der Waals surface area contributed by atoms with Crippen LogP contribution in [0.2, 0.25) is 0 Å². The predicted octanol–water partition coefficient (Wildman–Crippen LogP) is 14.9. The Hall–Kier alpha value is -8.67. The van der Waals surface area contributed by atoms with Crippen LogP contribution in [0.15, 0.2) is 225 Å². The molecule has 0 radical (unpaired) electrons. The third kappa shape index (κ3) is 6.73. The van der Waals surface area contributed by atoms with Gasteiger partial charge in [0, 0.05) is 34.6 Å². The lowest BCUT2D eigenvalue weighted by Crippen LogP contribution is -2.01. The molecular weight excluding hydrogens is 779 g/mol. The molecule has 64 heavy (non-hydrogen) atoms. The summed E-state index contributed by atoms with van der Waals surface area (Å²) >= 11 is 0. The third-order valence-electron chi connectivity index (χ3n) is 12.3. The summed E-state index contributed by atoms with van der Waals surface area (Å²) in [6, 6.07) is 73.3. The highest BCUT2D eigenvalue weighted by Crippen LogP contribution is 2.39. The molecule has 0 saturated carbocycles. The van der Waals surface area contributed by atoms with Crippen LogP contribution in [0.25, 0.3) is 122 Å². The molecule has 5 heteroatoms. The maximum absolute atomic E-state index is 5.35. The number of fused-ring (bicyclic) bond motifs is 5. The van der Waals surface area contributed by atoms with Crippen LogP contribution in [0.1, 0.15) is 0 Å². The van der Waals surface area contributed by atoms with Crippen LogP contribution in [0.5, 0.6) is 0 Å². The summed E-state index contributed by atoms with van der Waals surface area (Å²) in [6.07, 6.45) is 5.24. The van der Waals surface area contributed by atoms with Crippen molar-refractivity contribution in [2.45, 2.75) is 0 Å². The molecule has 10 aromatic carbocycles. The van der Waals surface area contributed by atoms with Crippen molar-refractivity contribution in [2.75, 3.05) is 0 Å². The van der Waals surface area contributed by atoms with E-state index < -0.39 is 0 Å². The van der Waals surface area contributed by atoms with Crippen molar-refractivity contribution in [3.8, 4) is 78.7 Å². The minimum atomic E-state index is 0.596. The van der Waals surface area contributed by atoms with Gasteiger partial charge in [0.15, 0.2) is 17.5 Å². The van der Waals surface area contributed by atoms with Gasteiger partial charge in [-0.3, -0.25) is 0 Å². The largest absolute Gasteiger partial charge is 0.244 e. The average Bonchev–Trinajstić information content (AvgIpc) is 3.38. The highest BCUT2D eigenvalue weighted by Gasteiger charge is 2.18. The molecule has 0 fully saturated rings. The normalized spacial score (nSPS) is 11.4. The molecule has 0 atom stereocenters. The van der Waals surface area contributed by atoms with E-state index in [9.17, 15) is 0 Å². The first-order valence-corrected chi connectivity index (χ1v) is 21.5. The Kier molecular flexibility index (Phi) is 9.08. The summed E-state index contributed by atoms with van der Waals surface area (Å²) in [5.74, 6) is 1.84. The van der Waals surface area contributed by atoms with Crippen LogP contribution in [0, 0.1) is 0 Å². The first kappa shape index (κ1) is 37.1. The van der Waals surface area contributed by atoms with E-state index in [2.05, 4.69) is 216 Å². The van der Waals surface area contributed by atoms with E-state index in [4.69, 9.17) is 15.0 Å². The topological polar surface area (TPSA) is 64.5 Å². The number of rotatable bonds is 7. The Morgan fingerprint density at radius 3 is 1.34 bits per heavy atom. The Labute approximate surface area is 370 Å². The minimum Gasteiger partial charge on any atom is -0.244 e. The van der Waals surface area contributed by atoms with Gasteiger partial charge >= 0.3 is 0 Å². The smallest absolute Gasteiger partial charge is 0.164 e. The molecule has 12 aromatic rings. The van der Waals surface area contributed by atoms with Crippen LogP contribution < -0.4 is 0 Å². The summed E-state index contributed by atoms with van der Waals surface area (Å²) in [5, 5.41) is 9.37. The molecule has 298 valence electrons. The van der Waals surface area contributed by atoms with Crippen molar-refractivity contribution >= 4 is 43.1 Å². The molecule has 12 rings (SSSR count). The molecule has 0 N–H and O–H groups in total. The summed E-state index contributed by atoms with van der Waals surface area (Å²) in [4.78, 5) is 24.5. The molecule has 2 heterocycles. The SMILES string of the molecule is c1cc(-c2cc(-c3ccc(-c4cncnc4)cc3)cc(-c3nc(-c4cccc5ccccc45)nc(-c4cccc5ccccc45)n3)c2)cc(-c2cc3ccccc3c3ccccc23)c1. The van der Waals surface area contributed by atoms with E-state index in [0.717, 1.165) is 77.2 Å². The highest BCUT2D eigenvalue weighted by atomic mass is 15.0. The Bertz CT molecular complexity index is 3620. The summed E-state index contributed by atoms with van der Waals surface area (Å²) < 4.78 is 0. The fourth-order valence-electron chi connectivity index (χ4n) is 9.14. The van der Waals surface area contributed by atoms with Crippen molar-refractivity contribution < 1.29 is 0 Å². The molecule has 0 amide bonds. The number of hydrogen-bond acceptors (Lipinski definition) is 5. The number of hydrogen-bond donors (Lipinski definition) is 0. The third-order valence-corrected chi connectivity index (χ3v) is 12.3. The van der Waals surface area contributed by atoms with E-state index in [1.165, 1.54) is 27.1 Å². The molecule has 0 aliphatic rings. The maximum atomic E-state index is 5.35. The van der Waals surface area contributed by atoms with Gasteiger partial charge in [-0.15, -0.1) is 0 Å². The maximum Gasteiger partial charge on any atom is 0.164 e. The second-order valence-electron chi connectivity index (χ2n) is 16.1. The first-order valence-electron chi connectivity index (χ1n) is 21.5. The lowest BCUT2D eigenvalue weighted by atomic mass is 9.90. The first-order chi connectivity index (χ1) is 31.7. The van der Waals surface area contributed by atoms with Gasteiger partial charge in [0.05, 0.1) is 0 Å². The zero-order valence-electron chi connectivity index (χ0n) is 34.6. The average molecular weight is 816 g/mol. The minimum absolute atomic E-state index is 0.596. The van der Waals surface area contributed by atoms with Crippen LogP contribution >= 0.6 is 0 Å². The van der Waals surface area contributed by atoms with E-state index in [-0.39, 0.29) is 0 Å². The van der Waals surface area contributed by atoms with Crippen LogP contribution in [0.3, 0.4) is 0 Å². The van der Waals surface area contributed by atoms with E-state index in [0.29, 0.717) is 17.5 Å². The number of nitrogens with zero attached hydrogens (tertiary/aromatic N) is 5. The van der Waals surface area contributed by atoms with Crippen molar-refractivity contribution in [3.63, 3.8) is 0 Å². The van der Waals surface area contributed by atoms with E-state index in [1.807, 2.05) is 12.4 Å². The quantitative estimate of drug-likeness (QED) is 0.150. The molecule has 0 bridgehead atoms. The van der Waals surface area contributed by atoms with Gasteiger partial charge in [-0.25, -0.2) is 24.9 Å². The van der Waals surface area contributed by atoms with Gasteiger partial charge in [-0.05, 0) is 112 Å². The van der Waals surface area contributed by atoms with Crippen molar-refractivity contribution in [1.82, 2.24) is 24.9 Å². The number of benzene rings is 10. The summed E-state index contributed by atoms with van der Waals surface area (Å²) in [5.41, 5.74) is 11.4. The predicted molar refractivity (Wildman–Crippen MR) is 263 cm³/mol. The zero-order chi connectivity index (χ0) is 42.4. The second kappa shape index (κ2) is 15.7. The van der Waals surface area contributed by atoms with E-state index >= 15 is 0 Å². The van der Waals surface area contributed by atoms with Crippen LogP contribution in [-0.2, 0) is 0 Å². The Morgan fingerprint density at radius 1 is 0.234 bits per heavy atom. The molecular formula is C59H37N5. The van der Waals surface area contributed by atoms with Gasteiger partial charge in [0.1, 0.15) is 6.33 Å². The monoisotopic (exact) mass is 815 g/mol. The fraction of sp³-hybridized carbons (Fsp3) is 0. The molecule has 0 spiro atoms. The number of aromatic nitrogens is 5. The standard InChI is InChI=1S/C59H37N5/c1-4-19-49-40(12-1)15-10-24-54(49)58-62-57(63-59(64-58)55-25-11-16-41-13-2-5-20-50(41)55)47-32-45(38-26-28-39(29-27-38)48-35-60-37-61-36-48)31-46(33-47)42-17-9-18-43(30-42)56-34-44-14-3-6-21-51(44)52-22-7-8-23-53(52)56/h1-37H. The van der Waals surface area contributed by atoms with Gasteiger partial charge in [0.25, 0.3) is 0 Å². The van der Waals surface area contributed by atoms with E-state index in [1.54, 1.807) is 6.33 Å². The molecule has 0 saturated heterocycles. The van der Waals surface area contributed by atoms with Crippen LogP contribution in [0.4, 0.5) is 0 Å². The van der Waals surface area contributed by atoms with Crippen LogP contribution in [-0.4, -0.2) is 24.9 Å². The summed E-state index contributed by atoms with van der Waals surface area (Å²) in [7, 11) is 0. The molecule has 0 aliphatic carbocycles. The highest BCUT2D eigenvalue weighted by molar-refractivity contribution is 6.14. The Morgan fingerprint density at radius 2 is 0.688 bits per heavy atom. The summed E-state index contributed by atoms with van der Waals surface area (Å²) in [6.45, 7) is 0. The molecule has 2 aromatic heterocycles. The van der Waals surface area contributed by atoms with Gasteiger partial charge in [-0.2, -0.15) is 0 Å². The zero-order valence-corrected chi connectivity index (χ0v) is 34.6.